The lowest BCUT2D eigenvalue weighted by molar-refractivity contribution is -0.151. The van der Waals surface area contributed by atoms with Crippen molar-refractivity contribution in [3.8, 4) is 0 Å². The van der Waals surface area contributed by atoms with Gasteiger partial charge in [-0.25, -0.2) is 9.97 Å². The van der Waals surface area contributed by atoms with E-state index in [2.05, 4.69) is 9.97 Å². The number of carbonyl (C=O) groups is 2. The van der Waals surface area contributed by atoms with Gasteiger partial charge in [-0.15, -0.1) is 0 Å². The number of alkyl halides is 3. The molecule has 0 aliphatic carbocycles. The number of halogens is 3. The van der Waals surface area contributed by atoms with Gasteiger partial charge in [0.15, 0.2) is 0 Å². The maximum Gasteiger partial charge on any atom is 0.416 e. The Morgan fingerprint density at radius 1 is 1.12 bits per heavy atom. The van der Waals surface area contributed by atoms with E-state index in [-0.39, 0.29) is 31.5 Å². The first-order chi connectivity index (χ1) is 15.3. The molecule has 1 fully saturated rings. The molecule has 0 bridgehead atoms. The molecule has 0 unspecified atom stereocenters. The van der Waals surface area contributed by atoms with Crippen LogP contribution in [0, 0.1) is 5.92 Å². The average Bonchev–Trinajstić information content (AvgIpc) is 2.79. The molecule has 1 aromatic carbocycles. The molecule has 0 spiro atoms. The lowest BCUT2D eigenvalue weighted by Gasteiger charge is -2.34. The summed E-state index contributed by atoms with van der Waals surface area (Å²) >= 11 is 0. The summed E-state index contributed by atoms with van der Waals surface area (Å²) in [5.74, 6) is -0.472. The number of ether oxygens (including phenoxy) is 1. The number of amides is 1. The average molecular weight is 450 g/mol. The van der Waals surface area contributed by atoms with Gasteiger partial charge in [-0.05, 0) is 43.5 Å². The highest BCUT2D eigenvalue weighted by Gasteiger charge is 2.32. The molecule has 0 N–H and O–H groups in total. The second kappa shape index (κ2) is 10.4. The van der Waals surface area contributed by atoms with Crippen molar-refractivity contribution in [2.45, 2.75) is 32.5 Å². The molecular formula is C22H25F3N4O3. The van der Waals surface area contributed by atoms with Crippen LogP contribution in [-0.2, 0) is 27.0 Å². The van der Waals surface area contributed by atoms with Crippen LogP contribution < -0.4 is 4.90 Å². The first-order valence-electron chi connectivity index (χ1n) is 10.4. The topological polar surface area (TPSA) is 75.6 Å². The van der Waals surface area contributed by atoms with Crippen LogP contribution in [-0.4, -0.2) is 53.0 Å². The Morgan fingerprint density at radius 3 is 2.31 bits per heavy atom. The summed E-state index contributed by atoms with van der Waals surface area (Å²) in [6, 6.07) is 6.32. The van der Waals surface area contributed by atoms with E-state index in [1.54, 1.807) is 25.4 Å². The molecule has 1 aliphatic heterocycles. The number of aromatic nitrogens is 2. The minimum absolute atomic E-state index is 0.0256. The Labute approximate surface area is 184 Å². The van der Waals surface area contributed by atoms with Gasteiger partial charge in [-0.2, -0.15) is 13.2 Å². The van der Waals surface area contributed by atoms with Crippen molar-refractivity contribution in [2.75, 3.05) is 31.1 Å². The van der Waals surface area contributed by atoms with Gasteiger partial charge in [0, 0.05) is 37.9 Å². The molecule has 1 aromatic heterocycles. The zero-order chi connectivity index (χ0) is 23.1. The second-order valence-electron chi connectivity index (χ2n) is 7.50. The van der Waals surface area contributed by atoms with E-state index in [1.165, 1.54) is 17.0 Å². The molecule has 32 heavy (non-hydrogen) atoms. The molecule has 0 saturated carbocycles. The predicted octanol–water partition coefficient (Wildman–Crippen LogP) is 3.30. The molecular weight excluding hydrogens is 425 g/mol. The van der Waals surface area contributed by atoms with Gasteiger partial charge >= 0.3 is 12.1 Å². The summed E-state index contributed by atoms with van der Waals surface area (Å²) in [4.78, 5) is 37.1. The quantitative estimate of drug-likeness (QED) is 0.603. The van der Waals surface area contributed by atoms with Crippen LogP contribution in [0.2, 0.25) is 0 Å². The third kappa shape index (κ3) is 6.18. The fourth-order valence-corrected chi connectivity index (χ4v) is 3.63. The fourth-order valence-electron chi connectivity index (χ4n) is 3.63. The predicted molar refractivity (Wildman–Crippen MR) is 110 cm³/mol. The zero-order valence-electron chi connectivity index (χ0n) is 17.7. The van der Waals surface area contributed by atoms with Gasteiger partial charge in [-0.1, -0.05) is 12.1 Å². The van der Waals surface area contributed by atoms with Gasteiger partial charge < -0.3 is 14.5 Å². The van der Waals surface area contributed by atoms with Crippen molar-refractivity contribution in [1.82, 2.24) is 14.9 Å². The largest absolute Gasteiger partial charge is 0.465 e. The molecule has 172 valence electrons. The van der Waals surface area contributed by atoms with Crippen molar-refractivity contribution < 1.29 is 27.5 Å². The van der Waals surface area contributed by atoms with E-state index < -0.39 is 17.7 Å². The van der Waals surface area contributed by atoms with E-state index in [1.807, 2.05) is 4.90 Å². The van der Waals surface area contributed by atoms with Crippen molar-refractivity contribution >= 4 is 17.8 Å². The van der Waals surface area contributed by atoms with Crippen LogP contribution in [0.1, 0.15) is 30.9 Å². The Kier molecular flexibility index (Phi) is 7.66. The number of esters is 1. The van der Waals surface area contributed by atoms with Crippen LogP contribution in [0.5, 0.6) is 0 Å². The summed E-state index contributed by atoms with van der Waals surface area (Å²) in [6.07, 6.45) is -0.00230. The van der Waals surface area contributed by atoms with Crippen molar-refractivity contribution in [1.29, 1.82) is 0 Å². The smallest absolute Gasteiger partial charge is 0.416 e. The summed E-state index contributed by atoms with van der Waals surface area (Å²) in [7, 11) is 0. The van der Waals surface area contributed by atoms with Gasteiger partial charge in [0.2, 0.25) is 11.9 Å². The van der Waals surface area contributed by atoms with Crippen molar-refractivity contribution in [2.24, 2.45) is 5.92 Å². The number of hydrogen-bond acceptors (Lipinski definition) is 6. The van der Waals surface area contributed by atoms with E-state index in [0.717, 1.165) is 12.1 Å². The summed E-state index contributed by atoms with van der Waals surface area (Å²) in [5.41, 5.74) is -0.259. The summed E-state index contributed by atoms with van der Waals surface area (Å²) in [6.45, 7) is 2.80. The Bertz CT molecular complexity index is 899. The van der Waals surface area contributed by atoms with Crippen LogP contribution in [0.25, 0.3) is 0 Å². The third-order valence-corrected chi connectivity index (χ3v) is 5.27. The number of piperidine rings is 1. The van der Waals surface area contributed by atoms with Crippen LogP contribution in [0.3, 0.4) is 0 Å². The van der Waals surface area contributed by atoms with Crippen LogP contribution in [0.4, 0.5) is 19.1 Å². The molecule has 2 aromatic rings. The highest BCUT2D eigenvalue weighted by Crippen LogP contribution is 2.29. The molecule has 0 radical (unpaired) electrons. The fraction of sp³-hybridized carbons (Fsp3) is 0.455. The Balaban J connectivity index is 1.68. The molecule has 2 heterocycles. The maximum absolute atomic E-state index is 13.2. The summed E-state index contributed by atoms with van der Waals surface area (Å²) < 4.78 is 43.5. The number of anilines is 1. The third-order valence-electron chi connectivity index (χ3n) is 5.27. The van der Waals surface area contributed by atoms with Gasteiger partial charge in [0.1, 0.15) is 6.54 Å². The van der Waals surface area contributed by atoms with E-state index in [4.69, 9.17) is 4.74 Å². The highest BCUT2D eigenvalue weighted by molar-refractivity contribution is 5.84. The van der Waals surface area contributed by atoms with Crippen LogP contribution in [0.15, 0.2) is 42.7 Å². The molecule has 0 atom stereocenters. The normalized spacial score (nSPS) is 14.8. The zero-order valence-corrected chi connectivity index (χ0v) is 17.7. The number of carbonyl (C=O) groups excluding carboxylic acids is 2. The van der Waals surface area contributed by atoms with E-state index in [0.29, 0.717) is 37.4 Å². The van der Waals surface area contributed by atoms with E-state index in [9.17, 15) is 22.8 Å². The maximum atomic E-state index is 13.2. The molecule has 1 aliphatic rings. The lowest BCUT2D eigenvalue weighted by Crippen LogP contribution is -2.44. The van der Waals surface area contributed by atoms with Gasteiger partial charge in [0.05, 0.1) is 12.2 Å². The number of hydrogen-bond donors (Lipinski definition) is 0. The minimum Gasteiger partial charge on any atom is -0.465 e. The SMILES string of the molecule is CCOC(=O)CN(Cc1ccc(C(F)(F)F)cc1)C(=O)C1CCN(c2ncccn2)CC1. The molecule has 3 rings (SSSR count). The van der Waals surface area contributed by atoms with Gasteiger partial charge in [-0.3, -0.25) is 9.59 Å². The first-order valence-corrected chi connectivity index (χ1v) is 10.4. The van der Waals surface area contributed by atoms with Crippen LogP contribution >= 0.6 is 0 Å². The molecule has 10 heteroatoms. The molecule has 1 saturated heterocycles. The number of rotatable bonds is 7. The van der Waals surface area contributed by atoms with Crippen molar-refractivity contribution in [3.05, 3.63) is 53.9 Å². The monoisotopic (exact) mass is 450 g/mol. The Morgan fingerprint density at radius 2 is 1.75 bits per heavy atom. The minimum atomic E-state index is -4.44. The number of nitrogens with zero attached hydrogens (tertiary/aromatic N) is 4. The molecule has 7 nitrogen and oxygen atoms in total. The summed E-state index contributed by atoms with van der Waals surface area (Å²) in [5, 5.41) is 0. The highest BCUT2D eigenvalue weighted by atomic mass is 19.4. The van der Waals surface area contributed by atoms with E-state index >= 15 is 0 Å². The van der Waals surface area contributed by atoms with Crippen molar-refractivity contribution in [3.63, 3.8) is 0 Å². The standard InChI is InChI=1S/C22H25F3N4O3/c1-2-32-19(30)15-29(14-16-4-6-18(7-5-16)22(23,24)25)20(31)17-8-12-28(13-9-17)21-26-10-3-11-27-21/h3-7,10-11,17H,2,8-9,12-15H2,1H3. The number of benzene rings is 1. The second-order valence-corrected chi connectivity index (χ2v) is 7.50. The Hall–Kier alpha value is -3.17. The first kappa shape index (κ1) is 23.5. The molecule has 1 amide bonds. The van der Waals surface area contributed by atoms with Gasteiger partial charge in [0.25, 0.3) is 0 Å². The lowest BCUT2D eigenvalue weighted by atomic mass is 9.95.